The monoisotopic (exact) mass is 340 g/mol. The first-order valence-corrected chi connectivity index (χ1v) is 7.58. The highest BCUT2D eigenvalue weighted by atomic mass is 35.5. The second-order valence-corrected chi connectivity index (χ2v) is 5.36. The maximum absolute atomic E-state index is 11.3. The average Bonchev–Trinajstić information content (AvgIpc) is 2.60. The fraction of sp³-hybridized carbons (Fsp3) is 0.0588. The minimum absolute atomic E-state index is 0.0997. The molecule has 120 valence electrons. The number of nitrogens with one attached hydrogen (secondary N) is 1. The number of benzene rings is 2. The molecule has 0 amide bonds. The first kappa shape index (κ1) is 15.9. The van der Waals surface area contributed by atoms with E-state index in [1.54, 1.807) is 0 Å². The Morgan fingerprint density at radius 2 is 1.62 bits per heavy atom. The van der Waals surface area contributed by atoms with Crippen LogP contribution in [0.1, 0.15) is 5.56 Å². The van der Waals surface area contributed by atoms with Gasteiger partial charge in [-0.25, -0.2) is 9.97 Å². The summed E-state index contributed by atoms with van der Waals surface area (Å²) in [4.78, 5) is 19.1. The van der Waals surface area contributed by atoms with Gasteiger partial charge in [0.15, 0.2) is 5.82 Å². The largest absolute Gasteiger partial charge is 0.360 e. The molecule has 1 heterocycles. The number of hydrogen-bond acceptors (Lipinski definition) is 5. The molecule has 3 aromatic rings. The van der Waals surface area contributed by atoms with Gasteiger partial charge in [-0.2, -0.15) is 0 Å². The molecule has 7 heteroatoms. The van der Waals surface area contributed by atoms with E-state index in [0.29, 0.717) is 12.4 Å². The minimum atomic E-state index is -0.579. The van der Waals surface area contributed by atoms with Crippen LogP contribution in [0.25, 0.3) is 11.4 Å². The molecule has 0 aliphatic carbocycles. The highest BCUT2D eigenvalue weighted by molar-refractivity contribution is 6.32. The van der Waals surface area contributed by atoms with Crippen LogP contribution in [0.3, 0.4) is 0 Å². The van der Waals surface area contributed by atoms with Crippen molar-refractivity contribution < 1.29 is 4.92 Å². The molecule has 24 heavy (non-hydrogen) atoms. The molecule has 1 aromatic heterocycles. The van der Waals surface area contributed by atoms with Gasteiger partial charge >= 0.3 is 5.69 Å². The van der Waals surface area contributed by atoms with Crippen molar-refractivity contribution in [2.24, 2.45) is 0 Å². The molecule has 6 nitrogen and oxygen atoms in total. The lowest BCUT2D eigenvalue weighted by molar-refractivity contribution is -0.384. The van der Waals surface area contributed by atoms with Crippen LogP contribution in [0.4, 0.5) is 11.5 Å². The third-order valence-corrected chi connectivity index (χ3v) is 3.62. The van der Waals surface area contributed by atoms with Crippen LogP contribution in [-0.4, -0.2) is 14.9 Å². The second-order valence-electron chi connectivity index (χ2n) is 5.00. The van der Waals surface area contributed by atoms with Crippen LogP contribution in [-0.2, 0) is 6.54 Å². The minimum Gasteiger partial charge on any atom is -0.360 e. The molecule has 0 saturated carbocycles. The standard InChI is InChI=1S/C17H13ClN4O2/c18-15-14(22(23)24)17(19-11-12-7-3-1-4-8-12)21-16(20-15)13-9-5-2-6-10-13/h1-10H,11H2,(H,19,20,21). The van der Waals surface area contributed by atoms with Gasteiger partial charge < -0.3 is 5.32 Å². The fourth-order valence-electron chi connectivity index (χ4n) is 2.21. The van der Waals surface area contributed by atoms with E-state index in [0.717, 1.165) is 11.1 Å². The number of rotatable bonds is 5. The predicted octanol–water partition coefficient (Wildman–Crippen LogP) is 4.32. The normalized spacial score (nSPS) is 10.4. The lowest BCUT2D eigenvalue weighted by Crippen LogP contribution is -2.07. The van der Waals surface area contributed by atoms with Gasteiger partial charge in [-0.1, -0.05) is 72.3 Å². The van der Waals surface area contributed by atoms with Crippen molar-refractivity contribution in [2.75, 3.05) is 5.32 Å². The molecule has 0 radical (unpaired) electrons. The van der Waals surface area contributed by atoms with Gasteiger partial charge in [0.25, 0.3) is 0 Å². The number of halogens is 1. The summed E-state index contributed by atoms with van der Waals surface area (Å²) >= 11 is 6.03. The summed E-state index contributed by atoms with van der Waals surface area (Å²) < 4.78 is 0. The first-order chi connectivity index (χ1) is 11.6. The molecule has 0 fully saturated rings. The van der Waals surface area contributed by atoms with Crippen molar-refractivity contribution in [3.8, 4) is 11.4 Å². The highest BCUT2D eigenvalue weighted by Gasteiger charge is 2.24. The Morgan fingerprint density at radius 1 is 1.00 bits per heavy atom. The van der Waals surface area contributed by atoms with E-state index in [9.17, 15) is 10.1 Å². The number of nitrogens with zero attached hydrogens (tertiary/aromatic N) is 3. The third kappa shape index (κ3) is 3.49. The number of anilines is 1. The quantitative estimate of drug-likeness (QED) is 0.425. The molecule has 2 aromatic carbocycles. The molecular formula is C17H13ClN4O2. The summed E-state index contributed by atoms with van der Waals surface area (Å²) in [5, 5.41) is 14.1. The topological polar surface area (TPSA) is 81.0 Å². The molecule has 0 spiro atoms. The van der Waals surface area contributed by atoms with Crippen molar-refractivity contribution in [1.82, 2.24) is 9.97 Å². The van der Waals surface area contributed by atoms with Crippen molar-refractivity contribution in [3.63, 3.8) is 0 Å². The molecule has 0 atom stereocenters. The van der Waals surface area contributed by atoms with E-state index in [2.05, 4.69) is 15.3 Å². The number of nitro groups is 1. The first-order valence-electron chi connectivity index (χ1n) is 7.20. The number of hydrogen-bond donors (Lipinski definition) is 1. The van der Waals surface area contributed by atoms with Crippen LogP contribution < -0.4 is 5.32 Å². The van der Waals surface area contributed by atoms with Gasteiger partial charge in [-0.15, -0.1) is 0 Å². The molecule has 3 rings (SSSR count). The number of aromatic nitrogens is 2. The molecule has 0 aliphatic heterocycles. The molecule has 0 aliphatic rings. The highest BCUT2D eigenvalue weighted by Crippen LogP contribution is 2.32. The van der Waals surface area contributed by atoms with Gasteiger partial charge in [-0.3, -0.25) is 10.1 Å². The van der Waals surface area contributed by atoms with Gasteiger partial charge in [0.1, 0.15) is 0 Å². The Labute approximate surface area is 143 Å². The van der Waals surface area contributed by atoms with Crippen LogP contribution in [0, 0.1) is 10.1 Å². The maximum Gasteiger partial charge on any atom is 0.348 e. The van der Waals surface area contributed by atoms with Gasteiger partial charge in [0.2, 0.25) is 11.0 Å². The van der Waals surface area contributed by atoms with E-state index >= 15 is 0 Å². The fourth-order valence-corrected chi connectivity index (χ4v) is 2.45. The lowest BCUT2D eigenvalue weighted by Gasteiger charge is -2.09. The smallest absolute Gasteiger partial charge is 0.348 e. The Morgan fingerprint density at radius 3 is 2.25 bits per heavy atom. The van der Waals surface area contributed by atoms with Crippen LogP contribution >= 0.6 is 11.6 Å². The van der Waals surface area contributed by atoms with Crippen molar-refractivity contribution >= 4 is 23.1 Å². The van der Waals surface area contributed by atoms with E-state index < -0.39 is 4.92 Å². The van der Waals surface area contributed by atoms with E-state index in [4.69, 9.17) is 11.6 Å². The van der Waals surface area contributed by atoms with Crippen LogP contribution in [0.15, 0.2) is 60.7 Å². The molecule has 0 bridgehead atoms. The summed E-state index contributed by atoms with van der Waals surface area (Å²) in [5.41, 5.74) is 1.38. The van der Waals surface area contributed by atoms with Crippen molar-refractivity contribution in [3.05, 3.63) is 81.5 Å². The molecule has 0 saturated heterocycles. The zero-order chi connectivity index (χ0) is 16.9. The summed E-state index contributed by atoms with van der Waals surface area (Å²) in [6.45, 7) is 0.392. The van der Waals surface area contributed by atoms with Gasteiger partial charge in [0.05, 0.1) is 4.92 Å². The van der Waals surface area contributed by atoms with Crippen molar-refractivity contribution in [1.29, 1.82) is 0 Å². The van der Waals surface area contributed by atoms with E-state index in [-0.39, 0.29) is 16.7 Å². The maximum atomic E-state index is 11.3. The Hall–Kier alpha value is -2.99. The summed E-state index contributed by atoms with van der Waals surface area (Å²) in [6.07, 6.45) is 0. The van der Waals surface area contributed by atoms with Crippen LogP contribution in [0.2, 0.25) is 5.15 Å². The van der Waals surface area contributed by atoms with Crippen molar-refractivity contribution in [2.45, 2.75) is 6.54 Å². The molecule has 1 N–H and O–H groups in total. The van der Waals surface area contributed by atoms with Gasteiger partial charge in [0, 0.05) is 12.1 Å². The zero-order valence-electron chi connectivity index (χ0n) is 12.5. The Kier molecular flexibility index (Phi) is 4.67. The Balaban J connectivity index is 1.98. The summed E-state index contributed by atoms with van der Waals surface area (Å²) in [5.74, 6) is 0.435. The van der Waals surface area contributed by atoms with E-state index in [1.807, 2.05) is 60.7 Å². The average molecular weight is 341 g/mol. The Bertz CT molecular complexity index is 857. The summed E-state index contributed by atoms with van der Waals surface area (Å²) in [7, 11) is 0. The zero-order valence-corrected chi connectivity index (χ0v) is 13.3. The van der Waals surface area contributed by atoms with Crippen LogP contribution in [0.5, 0.6) is 0 Å². The van der Waals surface area contributed by atoms with Gasteiger partial charge in [-0.05, 0) is 5.56 Å². The SMILES string of the molecule is O=[N+]([O-])c1c(Cl)nc(-c2ccccc2)nc1NCc1ccccc1. The second kappa shape index (κ2) is 7.06. The van der Waals surface area contributed by atoms with E-state index in [1.165, 1.54) is 0 Å². The third-order valence-electron chi connectivity index (χ3n) is 3.36. The molecule has 0 unspecified atom stereocenters. The molecular weight excluding hydrogens is 328 g/mol. The predicted molar refractivity (Wildman–Crippen MR) is 92.9 cm³/mol. The summed E-state index contributed by atoms with van der Waals surface area (Å²) in [6, 6.07) is 18.7. The lowest BCUT2D eigenvalue weighted by atomic mass is 10.2.